The number of carbonyl (C=O) groups is 1. The molecule has 1 amide bonds. The van der Waals surface area contributed by atoms with E-state index in [0.717, 1.165) is 24.7 Å². The largest absolute Gasteiger partial charge is 0.456 e. The predicted octanol–water partition coefficient (Wildman–Crippen LogP) is 3.62. The fourth-order valence-corrected chi connectivity index (χ4v) is 3.39. The van der Waals surface area contributed by atoms with Gasteiger partial charge >= 0.3 is 6.18 Å². The van der Waals surface area contributed by atoms with Gasteiger partial charge in [0, 0.05) is 32.4 Å². The van der Waals surface area contributed by atoms with Crippen LogP contribution in [-0.4, -0.2) is 42.1 Å². The van der Waals surface area contributed by atoms with Crippen LogP contribution in [0, 0.1) is 6.92 Å². The van der Waals surface area contributed by atoms with E-state index in [0.29, 0.717) is 18.8 Å². The number of halogens is 3. The van der Waals surface area contributed by atoms with Crippen molar-refractivity contribution in [3.63, 3.8) is 0 Å². The number of aryl methyl sites for hydroxylation is 1. The second-order valence-corrected chi connectivity index (χ2v) is 7.40. The molecule has 0 atom stereocenters. The molecule has 2 heterocycles. The van der Waals surface area contributed by atoms with Crippen LogP contribution in [0.25, 0.3) is 0 Å². The first-order chi connectivity index (χ1) is 13.6. The van der Waals surface area contributed by atoms with Crippen molar-refractivity contribution in [2.24, 2.45) is 0 Å². The smallest absolute Gasteiger partial charge is 0.450 e. The second-order valence-electron chi connectivity index (χ2n) is 7.40. The Bertz CT molecular complexity index is 858. The molecule has 158 valence electrons. The summed E-state index contributed by atoms with van der Waals surface area (Å²) < 4.78 is 43.8. The van der Waals surface area contributed by atoms with Gasteiger partial charge in [0.1, 0.15) is 11.6 Å². The van der Waals surface area contributed by atoms with Gasteiger partial charge in [0.05, 0.1) is 5.56 Å². The van der Waals surface area contributed by atoms with Gasteiger partial charge in [-0.1, -0.05) is 0 Å². The van der Waals surface area contributed by atoms with E-state index in [9.17, 15) is 18.0 Å². The van der Waals surface area contributed by atoms with E-state index in [1.807, 2.05) is 25.1 Å². The average Bonchev–Trinajstić information content (AvgIpc) is 3.06. The van der Waals surface area contributed by atoms with Gasteiger partial charge in [-0.2, -0.15) is 18.2 Å². The molecule has 7 nitrogen and oxygen atoms in total. The van der Waals surface area contributed by atoms with E-state index in [1.165, 1.54) is 6.92 Å². The summed E-state index contributed by atoms with van der Waals surface area (Å²) in [5.74, 6) is -0.629. The van der Waals surface area contributed by atoms with Crippen LogP contribution in [0.5, 0.6) is 0 Å². The zero-order valence-electron chi connectivity index (χ0n) is 16.5. The Morgan fingerprint density at radius 1 is 1.21 bits per heavy atom. The van der Waals surface area contributed by atoms with E-state index in [-0.39, 0.29) is 17.8 Å². The van der Waals surface area contributed by atoms with E-state index < -0.39 is 23.4 Å². The zero-order chi connectivity index (χ0) is 21.2. The Labute approximate surface area is 166 Å². The van der Waals surface area contributed by atoms with Crippen LogP contribution in [0.15, 0.2) is 22.7 Å². The number of hydrogen-bond acceptors (Lipinski definition) is 6. The highest BCUT2D eigenvalue weighted by atomic mass is 19.4. The second kappa shape index (κ2) is 8.30. The van der Waals surface area contributed by atoms with E-state index in [1.54, 1.807) is 6.20 Å². The summed E-state index contributed by atoms with van der Waals surface area (Å²) in [7, 11) is 3.79. The van der Waals surface area contributed by atoms with Crippen molar-refractivity contribution in [1.29, 1.82) is 0 Å². The number of rotatable bonds is 5. The van der Waals surface area contributed by atoms with Gasteiger partial charge in [-0.15, -0.1) is 0 Å². The molecule has 0 aromatic carbocycles. The summed E-state index contributed by atoms with van der Waals surface area (Å²) in [5.41, 5.74) is -0.468. The molecule has 1 aliphatic rings. The first-order valence-corrected chi connectivity index (χ1v) is 9.39. The summed E-state index contributed by atoms with van der Waals surface area (Å²) in [4.78, 5) is 22.9. The van der Waals surface area contributed by atoms with Gasteiger partial charge < -0.3 is 20.0 Å². The highest BCUT2D eigenvalue weighted by Crippen LogP contribution is 2.34. The lowest BCUT2D eigenvalue weighted by Crippen LogP contribution is -2.40. The molecule has 2 N–H and O–H groups in total. The number of nitrogens with zero attached hydrogens (tertiary/aromatic N) is 3. The SMILES string of the molecule is Cc1cc(C(=O)NC2CCC(Nc3nccc(N(C)C)n3)CC2)c(C(F)(F)F)o1. The number of alkyl halides is 3. The fourth-order valence-electron chi connectivity index (χ4n) is 3.39. The first-order valence-electron chi connectivity index (χ1n) is 9.39. The molecule has 2 aromatic rings. The lowest BCUT2D eigenvalue weighted by Gasteiger charge is -2.29. The van der Waals surface area contributed by atoms with E-state index >= 15 is 0 Å². The first kappa shape index (κ1) is 20.9. The fraction of sp³-hybridized carbons (Fsp3) is 0.526. The van der Waals surface area contributed by atoms with Crippen molar-refractivity contribution in [1.82, 2.24) is 15.3 Å². The lowest BCUT2D eigenvalue weighted by atomic mass is 9.91. The topological polar surface area (TPSA) is 83.3 Å². The molecule has 10 heteroatoms. The standard InChI is InChI=1S/C19H24F3N5O2/c1-11-10-14(16(29-11)19(20,21)22)17(28)24-12-4-6-13(7-5-12)25-18-23-9-8-15(26-18)27(2)3/h8-10,12-13H,4-7H2,1-3H3,(H,24,28)(H,23,25,26). The van der Waals surface area contributed by atoms with E-state index in [2.05, 4.69) is 25.0 Å². The van der Waals surface area contributed by atoms with Crippen LogP contribution >= 0.6 is 0 Å². The van der Waals surface area contributed by atoms with Crippen LogP contribution in [0.3, 0.4) is 0 Å². The van der Waals surface area contributed by atoms with Gasteiger partial charge in [0.25, 0.3) is 5.91 Å². The third-order valence-corrected chi connectivity index (χ3v) is 4.85. The quantitative estimate of drug-likeness (QED) is 0.782. The minimum absolute atomic E-state index is 0.0512. The molecule has 0 saturated heterocycles. The molecule has 29 heavy (non-hydrogen) atoms. The Kier molecular flexibility index (Phi) is 5.99. The summed E-state index contributed by atoms with van der Waals surface area (Å²) in [6.45, 7) is 1.39. The summed E-state index contributed by atoms with van der Waals surface area (Å²) in [6, 6.07) is 2.89. The number of hydrogen-bond donors (Lipinski definition) is 2. The van der Waals surface area contributed by atoms with Crippen LogP contribution < -0.4 is 15.5 Å². The highest BCUT2D eigenvalue weighted by Gasteiger charge is 2.40. The van der Waals surface area contributed by atoms with Gasteiger partial charge in [-0.25, -0.2) is 4.98 Å². The van der Waals surface area contributed by atoms with Gasteiger partial charge in [0.15, 0.2) is 0 Å². The molecular weight excluding hydrogens is 387 g/mol. The van der Waals surface area contributed by atoms with Crippen molar-refractivity contribution < 1.29 is 22.4 Å². The monoisotopic (exact) mass is 411 g/mol. The molecule has 0 unspecified atom stereocenters. The molecule has 0 bridgehead atoms. The summed E-state index contributed by atoms with van der Waals surface area (Å²) in [5, 5.41) is 5.99. The van der Waals surface area contributed by atoms with Crippen molar-refractivity contribution in [3.8, 4) is 0 Å². The number of furan rings is 1. The summed E-state index contributed by atoms with van der Waals surface area (Å²) >= 11 is 0. The number of nitrogens with one attached hydrogen (secondary N) is 2. The molecule has 0 spiro atoms. The molecule has 2 aromatic heterocycles. The molecular formula is C19H24F3N5O2. The molecule has 1 saturated carbocycles. The van der Waals surface area contributed by atoms with Crippen LogP contribution in [0.1, 0.15) is 47.6 Å². The minimum Gasteiger partial charge on any atom is -0.456 e. The maximum atomic E-state index is 13.0. The highest BCUT2D eigenvalue weighted by molar-refractivity contribution is 5.95. The maximum Gasteiger partial charge on any atom is 0.450 e. The third-order valence-electron chi connectivity index (χ3n) is 4.85. The number of aromatic nitrogens is 2. The zero-order valence-corrected chi connectivity index (χ0v) is 16.5. The van der Waals surface area contributed by atoms with Crippen molar-refractivity contribution in [2.75, 3.05) is 24.3 Å². The Hall–Kier alpha value is -2.78. The molecule has 1 aliphatic carbocycles. The number of amides is 1. The Morgan fingerprint density at radius 3 is 2.48 bits per heavy atom. The van der Waals surface area contributed by atoms with E-state index in [4.69, 9.17) is 0 Å². The number of anilines is 2. The van der Waals surface area contributed by atoms with Gasteiger partial charge in [-0.05, 0) is 44.7 Å². The molecule has 1 fully saturated rings. The lowest BCUT2D eigenvalue weighted by molar-refractivity contribution is -0.153. The third kappa shape index (κ3) is 5.18. The van der Waals surface area contributed by atoms with Crippen molar-refractivity contribution in [2.45, 2.75) is 50.9 Å². The Morgan fingerprint density at radius 2 is 1.86 bits per heavy atom. The van der Waals surface area contributed by atoms with Crippen LogP contribution in [0.4, 0.5) is 24.9 Å². The normalized spacial score (nSPS) is 19.7. The average molecular weight is 411 g/mol. The van der Waals surface area contributed by atoms with Crippen LogP contribution in [0.2, 0.25) is 0 Å². The molecule has 0 aliphatic heterocycles. The minimum atomic E-state index is -4.70. The number of carbonyl (C=O) groups excluding carboxylic acids is 1. The summed E-state index contributed by atoms with van der Waals surface area (Å²) in [6.07, 6.45) is -0.233. The van der Waals surface area contributed by atoms with Crippen LogP contribution in [-0.2, 0) is 6.18 Å². The molecule has 0 radical (unpaired) electrons. The van der Waals surface area contributed by atoms with Crippen molar-refractivity contribution in [3.05, 3.63) is 35.4 Å². The Balaban J connectivity index is 1.55. The van der Waals surface area contributed by atoms with Gasteiger partial charge in [-0.3, -0.25) is 4.79 Å². The van der Waals surface area contributed by atoms with Gasteiger partial charge in [0.2, 0.25) is 11.7 Å². The predicted molar refractivity (Wildman–Crippen MR) is 102 cm³/mol. The molecule has 3 rings (SSSR count). The maximum absolute atomic E-state index is 13.0. The van der Waals surface area contributed by atoms with Crippen molar-refractivity contribution >= 4 is 17.7 Å².